The smallest absolute Gasteiger partial charge is 0.341 e. The molecule has 2 atom stereocenters. The lowest BCUT2D eigenvalue weighted by molar-refractivity contribution is -0.385. The molecule has 0 aliphatic heterocycles. The number of nitrogens with two attached hydrogens (primary N) is 4. The van der Waals surface area contributed by atoms with Crippen molar-refractivity contribution in [2.75, 3.05) is 24.0 Å². The van der Waals surface area contributed by atoms with Crippen molar-refractivity contribution in [2.45, 2.75) is 49.6 Å². The second-order valence-corrected chi connectivity index (χ2v) is 9.35. The molecule has 2 rings (SSSR count). The zero-order valence-electron chi connectivity index (χ0n) is 22.7. The first kappa shape index (κ1) is 33.5. The minimum atomic E-state index is -2.44. The molecule has 2 aromatic rings. The van der Waals surface area contributed by atoms with Gasteiger partial charge in [-0.15, -0.1) is 0 Å². The van der Waals surface area contributed by atoms with E-state index in [0.717, 1.165) is 24.3 Å². The topological polar surface area (TPSA) is 284 Å². The van der Waals surface area contributed by atoms with Gasteiger partial charge in [-0.25, -0.2) is 20.5 Å². The van der Waals surface area contributed by atoms with Gasteiger partial charge in [0, 0.05) is 24.3 Å². The first-order valence-electron chi connectivity index (χ1n) is 12.9. The Kier molecular flexibility index (Phi) is 12.2. The average molecular weight is 591 g/mol. The van der Waals surface area contributed by atoms with E-state index in [4.69, 9.17) is 32.6 Å². The summed E-state index contributed by atoms with van der Waals surface area (Å²) in [5.41, 5.74) is 23.4. The molecule has 0 aliphatic carbocycles. The van der Waals surface area contributed by atoms with Gasteiger partial charge in [0.15, 0.2) is 16.9 Å². The summed E-state index contributed by atoms with van der Waals surface area (Å²) < 4.78 is 0. The van der Waals surface area contributed by atoms with Gasteiger partial charge in [-0.05, 0) is 75.9 Å². The van der Waals surface area contributed by atoms with Crippen molar-refractivity contribution in [1.82, 2.24) is 0 Å². The summed E-state index contributed by atoms with van der Waals surface area (Å²) >= 11 is 0. The quantitative estimate of drug-likeness (QED) is 0.0614. The fourth-order valence-corrected chi connectivity index (χ4v) is 3.81. The van der Waals surface area contributed by atoms with Crippen molar-refractivity contribution >= 4 is 40.5 Å². The number of nitrogens with one attached hydrogen (secondary N) is 2. The summed E-state index contributed by atoms with van der Waals surface area (Å²) in [7, 11) is 0. The highest BCUT2D eigenvalue weighted by molar-refractivity contribution is 6.20. The molecule has 0 bridgehead atoms. The van der Waals surface area contributed by atoms with Crippen molar-refractivity contribution in [3.63, 3.8) is 0 Å². The molecule has 0 spiro atoms. The Labute approximate surface area is 240 Å². The molecular formula is C25H34N8O9. The number of rotatable bonds is 18. The van der Waals surface area contributed by atoms with Crippen molar-refractivity contribution in [3.8, 4) is 0 Å². The molecule has 10 N–H and O–H groups in total. The number of carbonyl (C=O) groups is 3. The van der Waals surface area contributed by atoms with Gasteiger partial charge in [-0.3, -0.25) is 25.0 Å². The number of nitrogens with zero attached hydrogens (tertiary/aromatic N) is 2. The zero-order chi connectivity index (χ0) is 31.3. The molecule has 0 aromatic heterocycles. The second kappa shape index (κ2) is 15.3. The van der Waals surface area contributed by atoms with Crippen LogP contribution >= 0.6 is 0 Å². The molecule has 0 fully saturated rings. The number of hydrogen-bond donors (Lipinski definition) is 6. The predicted molar refractivity (Wildman–Crippen MR) is 150 cm³/mol. The van der Waals surface area contributed by atoms with Crippen LogP contribution in [-0.2, 0) is 24.1 Å². The van der Waals surface area contributed by atoms with Crippen LogP contribution in [0.25, 0.3) is 0 Å². The lowest BCUT2D eigenvalue weighted by Crippen LogP contribution is -2.69. The Bertz CT molecular complexity index is 1160. The third-order valence-electron chi connectivity index (χ3n) is 6.27. The standard InChI is InChI=1S/C25H34N8O9/c26-15-3-1-13-24(28,22(35)41-30-17-5-9-19(10-6-17)32(37)38)21(34)25(29,14-2-4-16-27)23(36)42-31-18-7-11-20(12-8-18)33(39)40/h5-12,30-31H,1-4,13-16,26-29H2/t24-,25-/m1/s1. The molecule has 0 radical (unpaired) electrons. The van der Waals surface area contributed by atoms with Gasteiger partial charge in [0.2, 0.25) is 0 Å². The fourth-order valence-electron chi connectivity index (χ4n) is 3.81. The Morgan fingerprint density at radius 1 is 0.667 bits per heavy atom. The van der Waals surface area contributed by atoms with Crippen LogP contribution in [0, 0.1) is 20.2 Å². The van der Waals surface area contributed by atoms with E-state index in [0.29, 0.717) is 12.8 Å². The van der Waals surface area contributed by atoms with E-state index in [2.05, 4.69) is 11.0 Å². The number of ketones is 1. The van der Waals surface area contributed by atoms with Crippen LogP contribution in [0.1, 0.15) is 38.5 Å². The number of nitro benzene ring substituents is 2. The van der Waals surface area contributed by atoms with Gasteiger partial charge < -0.3 is 32.6 Å². The third-order valence-corrected chi connectivity index (χ3v) is 6.27. The molecule has 0 saturated carbocycles. The number of Topliss-reactive ketones (excluding diaryl/α,β-unsaturated/α-hetero) is 1. The highest BCUT2D eigenvalue weighted by Crippen LogP contribution is 2.27. The summed E-state index contributed by atoms with van der Waals surface area (Å²) in [5, 5.41) is 21.7. The third kappa shape index (κ3) is 8.64. The summed E-state index contributed by atoms with van der Waals surface area (Å²) in [4.78, 5) is 71.0. The second-order valence-electron chi connectivity index (χ2n) is 9.35. The first-order valence-corrected chi connectivity index (χ1v) is 12.9. The van der Waals surface area contributed by atoms with E-state index in [9.17, 15) is 34.6 Å². The number of nitro groups is 2. The lowest BCUT2D eigenvalue weighted by atomic mass is 9.76. The van der Waals surface area contributed by atoms with Gasteiger partial charge in [0.05, 0.1) is 21.2 Å². The van der Waals surface area contributed by atoms with E-state index in [1.165, 1.54) is 24.3 Å². The minimum absolute atomic E-state index is 0.138. The lowest BCUT2D eigenvalue weighted by Gasteiger charge is -2.34. The number of hydrogen-bond acceptors (Lipinski definition) is 15. The van der Waals surface area contributed by atoms with E-state index < -0.39 is 38.6 Å². The van der Waals surface area contributed by atoms with Gasteiger partial charge in [0.1, 0.15) is 0 Å². The summed E-state index contributed by atoms with van der Waals surface area (Å²) in [6.07, 6.45) is 0.574. The minimum Gasteiger partial charge on any atom is -0.341 e. The number of carbonyl (C=O) groups excluding carboxylic acids is 3. The van der Waals surface area contributed by atoms with Crippen LogP contribution in [0.5, 0.6) is 0 Å². The van der Waals surface area contributed by atoms with E-state index in [1.807, 2.05) is 0 Å². The molecular weight excluding hydrogens is 556 g/mol. The zero-order valence-corrected chi connectivity index (χ0v) is 22.7. The first-order chi connectivity index (χ1) is 19.9. The maximum atomic E-state index is 13.9. The summed E-state index contributed by atoms with van der Waals surface area (Å²) in [6.45, 7) is 0.456. The Morgan fingerprint density at radius 2 is 1.00 bits per heavy atom. The van der Waals surface area contributed by atoms with Gasteiger partial charge in [0.25, 0.3) is 11.4 Å². The van der Waals surface area contributed by atoms with Crippen LogP contribution in [-0.4, -0.2) is 51.7 Å². The predicted octanol–water partition coefficient (Wildman–Crippen LogP) is 1.17. The van der Waals surface area contributed by atoms with Gasteiger partial charge in [-0.2, -0.15) is 0 Å². The number of anilines is 2. The molecule has 0 heterocycles. The van der Waals surface area contributed by atoms with E-state index >= 15 is 0 Å². The van der Waals surface area contributed by atoms with E-state index in [1.54, 1.807) is 0 Å². The maximum absolute atomic E-state index is 13.9. The number of unbranched alkanes of at least 4 members (excludes halogenated alkanes) is 2. The summed E-state index contributed by atoms with van der Waals surface area (Å²) in [5.74, 6) is -3.73. The van der Waals surface area contributed by atoms with Crippen LogP contribution in [0.3, 0.4) is 0 Å². The number of benzene rings is 2. The Hall–Kier alpha value is -4.71. The molecule has 42 heavy (non-hydrogen) atoms. The SMILES string of the molecule is NCCCC[C@](N)(C(=O)ONc1ccc([N+](=O)[O-])cc1)C(=O)[C@](N)(CCCCN)C(=O)ONc1ccc([N+](=O)[O-])cc1. The van der Waals surface area contributed by atoms with Crippen LogP contribution < -0.4 is 33.9 Å². The Morgan fingerprint density at radius 3 is 1.29 bits per heavy atom. The number of non-ortho nitro benzene ring substituents is 2. The normalized spacial score (nSPS) is 13.6. The highest BCUT2D eigenvalue weighted by Gasteiger charge is 2.56. The molecule has 0 amide bonds. The van der Waals surface area contributed by atoms with Crippen LogP contribution in [0.15, 0.2) is 48.5 Å². The van der Waals surface area contributed by atoms with E-state index in [-0.39, 0.29) is 61.5 Å². The highest BCUT2D eigenvalue weighted by atomic mass is 16.7. The summed E-state index contributed by atoms with van der Waals surface area (Å²) in [6, 6.07) is 9.71. The van der Waals surface area contributed by atoms with Crippen LogP contribution in [0.2, 0.25) is 0 Å². The molecule has 17 heteroatoms. The van der Waals surface area contributed by atoms with Crippen molar-refractivity contribution < 1.29 is 33.9 Å². The van der Waals surface area contributed by atoms with Gasteiger partial charge >= 0.3 is 11.9 Å². The average Bonchev–Trinajstić information content (AvgIpc) is 2.98. The molecule has 0 aliphatic rings. The van der Waals surface area contributed by atoms with Crippen molar-refractivity contribution in [3.05, 3.63) is 68.8 Å². The maximum Gasteiger partial charge on any atom is 0.359 e. The van der Waals surface area contributed by atoms with Crippen molar-refractivity contribution in [1.29, 1.82) is 0 Å². The molecule has 0 unspecified atom stereocenters. The van der Waals surface area contributed by atoms with Gasteiger partial charge in [-0.1, -0.05) is 0 Å². The fraction of sp³-hybridized carbons (Fsp3) is 0.400. The molecule has 17 nitrogen and oxygen atoms in total. The molecule has 228 valence electrons. The molecule has 2 aromatic carbocycles. The van der Waals surface area contributed by atoms with Crippen molar-refractivity contribution in [2.24, 2.45) is 22.9 Å². The molecule has 0 saturated heterocycles. The monoisotopic (exact) mass is 590 g/mol. The Balaban J connectivity index is 2.30. The van der Waals surface area contributed by atoms with Crippen LogP contribution in [0.4, 0.5) is 22.7 Å². The largest absolute Gasteiger partial charge is 0.359 e.